The van der Waals surface area contributed by atoms with Crippen LogP contribution in [0.2, 0.25) is 0 Å². The molecule has 1 aliphatic heterocycles. The summed E-state index contributed by atoms with van der Waals surface area (Å²) in [6.07, 6.45) is 0.404. The summed E-state index contributed by atoms with van der Waals surface area (Å²) in [5, 5.41) is 9.04. The van der Waals surface area contributed by atoms with Crippen molar-refractivity contribution in [1.29, 1.82) is 0 Å². The zero-order chi connectivity index (χ0) is 15.6. The molecule has 2 rings (SSSR count). The predicted octanol–water partition coefficient (Wildman–Crippen LogP) is 2.08. The van der Waals surface area contributed by atoms with Crippen molar-refractivity contribution in [2.24, 2.45) is 11.8 Å². The summed E-state index contributed by atoms with van der Waals surface area (Å²) >= 11 is 0. The number of benzene rings is 1. The van der Waals surface area contributed by atoms with E-state index in [-0.39, 0.29) is 18.2 Å². The quantitative estimate of drug-likeness (QED) is 0.929. The largest absolute Gasteiger partial charge is 0.481 e. The molecule has 0 aliphatic carbocycles. The Hall–Kier alpha value is -1.98. The van der Waals surface area contributed by atoms with Gasteiger partial charge in [-0.05, 0) is 30.0 Å². The minimum absolute atomic E-state index is 0.0122. The molecule has 6 heteroatoms. The number of rotatable bonds is 3. The van der Waals surface area contributed by atoms with E-state index < -0.39 is 23.5 Å². The third-order valence-electron chi connectivity index (χ3n) is 3.91. The maximum absolute atomic E-state index is 13.1. The van der Waals surface area contributed by atoms with Crippen molar-refractivity contribution in [3.05, 3.63) is 35.4 Å². The Morgan fingerprint density at radius 3 is 2.62 bits per heavy atom. The number of carboxylic acid groups (broad SMARTS) is 1. The number of likely N-dealkylation sites (tertiary alicyclic amines) is 1. The fourth-order valence-corrected chi connectivity index (χ4v) is 2.68. The van der Waals surface area contributed by atoms with E-state index >= 15 is 0 Å². The van der Waals surface area contributed by atoms with Gasteiger partial charge >= 0.3 is 5.97 Å². The number of nitrogens with zero attached hydrogens (tertiary/aromatic N) is 1. The van der Waals surface area contributed by atoms with Gasteiger partial charge in [0.1, 0.15) is 0 Å². The average molecular weight is 297 g/mol. The minimum atomic E-state index is -0.974. The molecule has 0 radical (unpaired) electrons. The normalized spacial score (nSPS) is 22.1. The lowest BCUT2D eigenvalue weighted by Gasteiger charge is -2.35. The number of carbonyl (C=O) groups is 2. The number of aliphatic carboxylic acids is 1. The van der Waals surface area contributed by atoms with Crippen LogP contribution < -0.4 is 0 Å². The average Bonchev–Trinajstić information content (AvgIpc) is 2.42. The Balaban J connectivity index is 1.98. The Morgan fingerprint density at radius 2 is 2.05 bits per heavy atom. The molecule has 0 aromatic heterocycles. The van der Waals surface area contributed by atoms with Crippen LogP contribution in [0.1, 0.15) is 18.9 Å². The zero-order valence-electron chi connectivity index (χ0n) is 11.7. The van der Waals surface area contributed by atoms with E-state index in [1.807, 2.05) is 0 Å². The summed E-state index contributed by atoms with van der Waals surface area (Å²) < 4.78 is 25.9. The molecule has 0 bridgehead atoms. The van der Waals surface area contributed by atoms with Gasteiger partial charge in [-0.15, -0.1) is 0 Å². The minimum Gasteiger partial charge on any atom is -0.481 e. The van der Waals surface area contributed by atoms with E-state index in [9.17, 15) is 18.4 Å². The van der Waals surface area contributed by atoms with Crippen molar-refractivity contribution < 1.29 is 23.5 Å². The molecule has 0 saturated carbocycles. The van der Waals surface area contributed by atoms with Crippen molar-refractivity contribution in [2.45, 2.75) is 19.8 Å². The van der Waals surface area contributed by atoms with Crippen molar-refractivity contribution >= 4 is 11.9 Å². The standard InChI is InChI=1S/C15H17F2NO3/c1-9-8-18(5-4-11(9)15(20)21)14(19)7-10-2-3-12(16)13(17)6-10/h2-3,6,9,11H,4-5,7-8H2,1H3,(H,20,21). The molecule has 2 atom stereocenters. The molecule has 4 nitrogen and oxygen atoms in total. The third kappa shape index (κ3) is 3.56. The highest BCUT2D eigenvalue weighted by atomic mass is 19.2. The van der Waals surface area contributed by atoms with Crippen molar-refractivity contribution in [3.8, 4) is 0 Å². The zero-order valence-corrected chi connectivity index (χ0v) is 11.7. The summed E-state index contributed by atoms with van der Waals surface area (Å²) in [4.78, 5) is 24.8. The van der Waals surface area contributed by atoms with Crippen LogP contribution in [0, 0.1) is 23.5 Å². The molecular formula is C15H17F2NO3. The molecule has 1 heterocycles. The lowest BCUT2D eigenvalue weighted by Crippen LogP contribution is -2.45. The molecule has 1 aliphatic rings. The van der Waals surface area contributed by atoms with Gasteiger partial charge in [0.2, 0.25) is 5.91 Å². The highest BCUT2D eigenvalue weighted by Crippen LogP contribution is 2.24. The SMILES string of the molecule is CC1CN(C(=O)Cc2ccc(F)c(F)c2)CCC1C(=O)O. The Bertz CT molecular complexity index is 562. The third-order valence-corrected chi connectivity index (χ3v) is 3.91. The van der Waals surface area contributed by atoms with Crippen LogP contribution in [-0.2, 0) is 16.0 Å². The van der Waals surface area contributed by atoms with Gasteiger partial charge in [0.05, 0.1) is 12.3 Å². The van der Waals surface area contributed by atoms with E-state index in [4.69, 9.17) is 5.11 Å². The molecular weight excluding hydrogens is 280 g/mol. The molecule has 1 aromatic carbocycles. The number of hydrogen-bond acceptors (Lipinski definition) is 2. The summed E-state index contributed by atoms with van der Waals surface area (Å²) in [7, 11) is 0. The van der Waals surface area contributed by atoms with Crippen LogP contribution in [0.15, 0.2) is 18.2 Å². The van der Waals surface area contributed by atoms with Gasteiger partial charge in [-0.2, -0.15) is 0 Å². The summed E-state index contributed by atoms with van der Waals surface area (Å²) in [6.45, 7) is 2.55. The van der Waals surface area contributed by atoms with E-state index in [1.165, 1.54) is 6.07 Å². The molecule has 2 unspecified atom stereocenters. The van der Waals surface area contributed by atoms with Gasteiger partial charge in [-0.3, -0.25) is 9.59 Å². The highest BCUT2D eigenvalue weighted by molar-refractivity contribution is 5.79. The van der Waals surface area contributed by atoms with Crippen molar-refractivity contribution in [2.75, 3.05) is 13.1 Å². The molecule has 21 heavy (non-hydrogen) atoms. The predicted molar refractivity (Wildman–Crippen MR) is 71.5 cm³/mol. The second-order valence-corrected chi connectivity index (χ2v) is 5.48. The number of halogens is 2. The molecule has 0 spiro atoms. The molecule has 1 amide bonds. The number of hydrogen-bond donors (Lipinski definition) is 1. The van der Waals surface area contributed by atoms with Gasteiger partial charge in [-0.25, -0.2) is 8.78 Å². The van der Waals surface area contributed by atoms with E-state index in [0.717, 1.165) is 12.1 Å². The number of amides is 1. The van der Waals surface area contributed by atoms with E-state index in [0.29, 0.717) is 25.1 Å². The number of piperidine rings is 1. The van der Waals surface area contributed by atoms with Crippen LogP contribution in [0.4, 0.5) is 8.78 Å². The first kappa shape index (κ1) is 15.4. The first-order valence-electron chi connectivity index (χ1n) is 6.83. The van der Waals surface area contributed by atoms with E-state index in [1.54, 1.807) is 11.8 Å². The molecule has 1 N–H and O–H groups in total. The Kier molecular flexibility index (Phi) is 4.55. The second kappa shape index (κ2) is 6.20. The van der Waals surface area contributed by atoms with Crippen LogP contribution >= 0.6 is 0 Å². The number of carbonyl (C=O) groups excluding carboxylic acids is 1. The molecule has 1 fully saturated rings. The van der Waals surface area contributed by atoms with Crippen molar-refractivity contribution in [3.63, 3.8) is 0 Å². The first-order valence-corrected chi connectivity index (χ1v) is 6.83. The Labute approximate surface area is 121 Å². The summed E-state index contributed by atoms with van der Waals surface area (Å²) in [5.74, 6) is -3.50. The number of carboxylic acids is 1. The topological polar surface area (TPSA) is 57.6 Å². The summed E-state index contributed by atoms with van der Waals surface area (Å²) in [5.41, 5.74) is 0.409. The highest BCUT2D eigenvalue weighted by Gasteiger charge is 2.32. The molecule has 1 aromatic rings. The van der Waals surface area contributed by atoms with Crippen LogP contribution in [-0.4, -0.2) is 35.0 Å². The fourth-order valence-electron chi connectivity index (χ4n) is 2.68. The smallest absolute Gasteiger partial charge is 0.306 e. The lowest BCUT2D eigenvalue weighted by atomic mass is 9.87. The lowest BCUT2D eigenvalue weighted by molar-refractivity contribution is -0.148. The summed E-state index contributed by atoms with van der Waals surface area (Å²) in [6, 6.07) is 3.39. The van der Waals surface area contributed by atoms with Gasteiger partial charge in [-0.1, -0.05) is 13.0 Å². The first-order chi connectivity index (χ1) is 9.88. The van der Waals surface area contributed by atoms with Gasteiger partial charge < -0.3 is 10.0 Å². The maximum Gasteiger partial charge on any atom is 0.306 e. The molecule has 114 valence electrons. The van der Waals surface area contributed by atoms with Gasteiger partial charge in [0.25, 0.3) is 0 Å². The Morgan fingerprint density at radius 1 is 1.33 bits per heavy atom. The van der Waals surface area contributed by atoms with Crippen LogP contribution in [0.25, 0.3) is 0 Å². The molecule has 1 saturated heterocycles. The monoisotopic (exact) mass is 297 g/mol. The van der Waals surface area contributed by atoms with Crippen LogP contribution in [0.3, 0.4) is 0 Å². The maximum atomic E-state index is 13.1. The van der Waals surface area contributed by atoms with Gasteiger partial charge in [0, 0.05) is 13.1 Å². The fraction of sp³-hybridized carbons (Fsp3) is 0.467. The van der Waals surface area contributed by atoms with E-state index in [2.05, 4.69) is 0 Å². The van der Waals surface area contributed by atoms with Gasteiger partial charge in [0.15, 0.2) is 11.6 Å². The second-order valence-electron chi connectivity index (χ2n) is 5.48. The van der Waals surface area contributed by atoms with Crippen molar-refractivity contribution in [1.82, 2.24) is 4.90 Å². The van der Waals surface area contributed by atoms with Crippen LogP contribution in [0.5, 0.6) is 0 Å².